The summed E-state index contributed by atoms with van der Waals surface area (Å²) in [6, 6.07) is 8.84. The second-order valence-corrected chi connectivity index (χ2v) is 7.11. The highest BCUT2D eigenvalue weighted by Gasteiger charge is 2.24. The molecule has 3 rings (SSSR count). The van der Waals surface area contributed by atoms with Gasteiger partial charge in [0, 0.05) is 25.6 Å². The fourth-order valence-electron chi connectivity index (χ4n) is 3.40. The predicted molar refractivity (Wildman–Crippen MR) is 121 cm³/mol. The summed E-state index contributed by atoms with van der Waals surface area (Å²) in [5.41, 5.74) is 2.62. The van der Waals surface area contributed by atoms with Crippen molar-refractivity contribution >= 4 is 29.9 Å². The number of rotatable bonds is 5. The second-order valence-electron chi connectivity index (χ2n) is 7.11. The van der Waals surface area contributed by atoms with Gasteiger partial charge in [-0.05, 0) is 39.2 Å². The van der Waals surface area contributed by atoms with Gasteiger partial charge in [-0.25, -0.2) is 9.67 Å². The Morgan fingerprint density at radius 1 is 1.37 bits per heavy atom. The van der Waals surface area contributed by atoms with Gasteiger partial charge in [-0.3, -0.25) is 4.99 Å². The molecule has 2 heterocycles. The number of hydrogen-bond donors (Lipinski definition) is 2. The molecule has 2 unspecified atom stereocenters. The van der Waals surface area contributed by atoms with Gasteiger partial charge in [-0.15, -0.1) is 24.0 Å². The smallest absolute Gasteiger partial charge is 0.191 e. The van der Waals surface area contributed by atoms with Crippen LogP contribution in [0, 0.1) is 13.8 Å². The van der Waals surface area contributed by atoms with E-state index in [1.54, 1.807) is 0 Å². The molecule has 0 spiro atoms. The number of aryl methyl sites for hydroxylation is 3. The third kappa shape index (κ3) is 5.67. The van der Waals surface area contributed by atoms with Gasteiger partial charge >= 0.3 is 0 Å². The van der Waals surface area contributed by atoms with Crippen LogP contribution < -0.4 is 10.6 Å². The summed E-state index contributed by atoms with van der Waals surface area (Å²) in [7, 11) is 0. The third-order valence-corrected chi connectivity index (χ3v) is 4.77. The van der Waals surface area contributed by atoms with Crippen LogP contribution in [0.15, 0.2) is 29.3 Å². The maximum atomic E-state index is 4.83. The van der Waals surface area contributed by atoms with E-state index >= 15 is 0 Å². The highest BCUT2D eigenvalue weighted by Crippen LogP contribution is 2.23. The molecule has 148 valence electrons. The minimum absolute atomic E-state index is 0. The minimum Gasteiger partial charge on any atom is -0.357 e. The van der Waals surface area contributed by atoms with Crippen LogP contribution in [0.25, 0.3) is 0 Å². The van der Waals surface area contributed by atoms with Crippen LogP contribution in [-0.4, -0.2) is 33.8 Å². The first-order chi connectivity index (χ1) is 12.6. The van der Waals surface area contributed by atoms with E-state index in [2.05, 4.69) is 65.8 Å². The molecule has 6 nitrogen and oxygen atoms in total. The summed E-state index contributed by atoms with van der Waals surface area (Å²) in [4.78, 5) is 9.44. The minimum atomic E-state index is 0. The van der Waals surface area contributed by atoms with Gasteiger partial charge < -0.3 is 10.6 Å². The summed E-state index contributed by atoms with van der Waals surface area (Å²) in [6.45, 7) is 10.9. The van der Waals surface area contributed by atoms with E-state index in [0.717, 1.165) is 50.1 Å². The Labute approximate surface area is 179 Å². The molecule has 27 heavy (non-hydrogen) atoms. The molecule has 0 fully saturated rings. The van der Waals surface area contributed by atoms with Crippen molar-refractivity contribution in [2.24, 2.45) is 4.99 Å². The lowest BCUT2D eigenvalue weighted by molar-refractivity contribution is 0.397. The number of benzene rings is 1. The van der Waals surface area contributed by atoms with Gasteiger partial charge in [0.15, 0.2) is 5.96 Å². The quantitative estimate of drug-likeness (QED) is 0.388. The summed E-state index contributed by atoms with van der Waals surface area (Å²) >= 11 is 0. The number of guanidine groups is 1. The predicted octanol–water partition coefficient (Wildman–Crippen LogP) is 3.71. The summed E-state index contributed by atoms with van der Waals surface area (Å²) in [6.07, 6.45) is 2.16. The molecule has 2 N–H and O–H groups in total. The van der Waals surface area contributed by atoms with Crippen molar-refractivity contribution in [2.45, 2.75) is 59.0 Å². The van der Waals surface area contributed by atoms with E-state index in [-0.39, 0.29) is 30.0 Å². The standard InChI is InChI=1S/C20H30N6.HI/c1-5-21-20(22-13-15(3)17-9-6-8-14(2)12-17)24-18-10-7-11-26-19(18)23-16(4)25-26;/h6,8-9,12,15,18H,5,7,10-11,13H2,1-4H3,(H2,21,22,24);1H. The van der Waals surface area contributed by atoms with E-state index < -0.39 is 0 Å². The highest BCUT2D eigenvalue weighted by atomic mass is 127. The number of hydrogen-bond acceptors (Lipinski definition) is 3. The molecule has 0 aliphatic carbocycles. The molecule has 0 saturated heterocycles. The lowest BCUT2D eigenvalue weighted by atomic mass is 10.00. The van der Waals surface area contributed by atoms with Crippen LogP contribution in [0.2, 0.25) is 0 Å². The molecule has 1 aromatic heterocycles. The normalized spacial score (nSPS) is 17.6. The maximum Gasteiger partial charge on any atom is 0.191 e. The fourth-order valence-corrected chi connectivity index (χ4v) is 3.40. The molecular formula is C20H31IN6. The fraction of sp³-hybridized carbons (Fsp3) is 0.550. The van der Waals surface area contributed by atoms with E-state index in [4.69, 9.17) is 4.99 Å². The molecule has 0 radical (unpaired) electrons. The molecule has 1 aromatic carbocycles. The molecule has 1 aliphatic rings. The Kier molecular flexibility index (Phi) is 8.07. The van der Waals surface area contributed by atoms with Crippen molar-refractivity contribution in [1.82, 2.24) is 25.4 Å². The Morgan fingerprint density at radius 3 is 2.93 bits per heavy atom. The van der Waals surface area contributed by atoms with Gasteiger partial charge in [-0.1, -0.05) is 36.8 Å². The average molecular weight is 482 g/mol. The van der Waals surface area contributed by atoms with Crippen molar-refractivity contribution in [2.75, 3.05) is 13.1 Å². The first kappa shape index (κ1) is 21.7. The lowest BCUT2D eigenvalue weighted by Gasteiger charge is -2.25. The molecule has 2 aromatic rings. The number of aromatic nitrogens is 3. The van der Waals surface area contributed by atoms with Crippen molar-refractivity contribution in [3.63, 3.8) is 0 Å². The van der Waals surface area contributed by atoms with Crippen molar-refractivity contribution in [3.8, 4) is 0 Å². The third-order valence-electron chi connectivity index (χ3n) is 4.77. The van der Waals surface area contributed by atoms with Crippen LogP contribution in [0.4, 0.5) is 0 Å². The molecule has 7 heteroatoms. The van der Waals surface area contributed by atoms with E-state index in [9.17, 15) is 0 Å². The number of aliphatic imine (C=N–C) groups is 1. The van der Waals surface area contributed by atoms with E-state index in [0.29, 0.717) is 5.92 Å². The maximum absolute atomic E-state index is 4.83. The number of halogens is 1. The molecule has 0 amide bonds. The van der Waals surface area contributed by atoms with E-state index in [1.807, 2.05) is 11.6 Å². The van der Waals surface area contributed by atoms with Crippen LogP contribution in [0.1, 0.15) is 61.4 Å². The number of fused-ring (bicyclic) bond motifs is 1. The molecule has 1 aliphatic heterocycles. The van der Waals surface area contributed by atoms with Crippen molar-refractivity contribution in [3.05, 3.63) is 47.0 Å². The van der Waals surface area contributed by atoms with E-state index in [1.165, 1.54) is 11.1 Å². The van der Waals surface area contributed by atoms with Crippen LogP contribution in [0.5, 0.6) is 0 Å². The Balaban J connectivity index is 0.00000261. The average Bonchev–Trinajstić information content (AvgIpc) is 3.01. The summed E-state index contributed by atoms with van der Waals surface area (Å²) < 4.78 is 2.02. The second kappa shape index (κ2) is 10.1. The molecule has 2 atom stereocenters. The van der Waals surface area contributed by atoms with Gasteiger partial charge in [-0.2, -0.15) is 5.10 Å². The van der Waals surface area contributed by atoms with Crippen LogP contribution in [-0.2, 0) is 6.54 Å². The van der Waals surface area contributed by atoms with Crippen LogP contribution >= 0.6 is 24.0 Å². The largest absolute Gasteiger partial charge is 0.357 e. The van der Waals surface area contributed by atoms with Gasteiger partial charge in [0.25, 0.3) is 0 Å². The van der Waals surface area contributed by atoms with Crippen molar-refractivity contribution in [1.29, 1.82) is 0 Å². The lowest BCUT2D eigenvalue weighted by Crippen LogP contribution is -2.41. The zero-order valence-electron chi connectivity index (χ0n) is 16.7. The molecule has 0 bridgehead atoms. The summed E-state index contributed by atoms with van der Waals surface area (Å²) in [5.74, 6) is 3.09. The SMILES string of the molecule is CCNC(=NCC(C)c1cccc(C)c1)NC1CCCn2nc(C)nc21.I. The van der Waals surface area contributed by atoms with Gasteiger partial charge in [0.1, 0.15) is 11.6 Å². The summed E-state index contributed by atoms with van der Waals surface area (Å²) in [5, 5.41) is 11.4. The number of nitrogens with zero attached hydrogens (tertiary/aromatic N) is 4. The monoisotopic (exact) mass is 482 g/mol. The van der Waals surface area contributed by atoms with Crippen molar-refractivity contribution < 1.29 is 0 Å². The topological polar surface area (TPSA) is 67.1 Å². The molecule has 0 saturated carbocycles. The first-order valence-electron chi connectivity index (χ1n) is 9.59. The zero-order chi connectivity index (χ0) is 18.5. The number of nitrogens with one attached hydrogen (secondary N) is 2. The zero-order valence-corrected chi connectivity index (χ0v) is 19.0. The van der Waals surface area contributed by atoms with Gasteiger partial charge in [0.05, 0.1) is 6.04 Å². The van der Waals surface area contributed by atoms with Crippen LogP contribution in [0.3, 0.4) is 0 Å². The first-order valence-corrected chi connectivity index (χ1v) is 9.59. The molecular weight excluding hydrogens is 451 g/mol. The highest BCUT2D eigenvalue weighted by molar-refractivity contribution is 14.0. The van der Waals surface area contributed by atoms with Gasteiger partial charge in [0.2, 0.25) is 0 Å². The Hall–Kier alpha value is -1.64. The Morgan fingerprint density at radius 2 is 2.19 bits per heavy atom. The Bertz CT molecular complexity index is 770.